The van der Waals surface area contributed by atoms with Crippen molar-refractivity contribution in [1.82, 2.24) is 4.90 Å². The Kier molecular flexibility index (Phi) is 8.79. The van der Waals surface area contributed by atoms with E-state index in [0.29, 0.717) is 34.8 Å². The first-order chi connectivity index (χ1) is 15.8. The molecule has 0 atom stereocenters. The first-order valence-electron chi connectivity index (χ1n) is 10.4. The SMILES string of the molecule is CCOC(=O)COc1c(I)cc(/C=C2/SC(=Nc3ccc(C)cc3)N(C)C2=O)cc1OCC. The molecule has 2 aromatic carbocycles. The summed E-state index contributed by atoms with van der Waals surface area (Å²) in [5, 5.41) is 0.615. The Morgan fingerprint density at radius 1 is 1.15 bits per heavy atom. The van der Waals surface area contributed by atoms with Crippen LogP contribution in [0.1, 0.15) is 25.0 Å². The summed E-state index contributed by atoms with van der Waals surface area (Å²) in [4.78, 5) is 31.2. The molecular formula is C24H25IN2O5S. The van der Waals surface area contributed by atoms with Crippen LogP contribution in [0.4, 0.5) is 5.69 Å². The van der Waals surface area contributed by atoms with Crippen molar-refractivity contribution >= 4 is 63.2 Å². The number of amidine groups is 1. The smallest absolute Gasteiger partial charge is 0.344 e. The molecule has 0 spiro atoms. The minimum atomic E-state index is -0.446. The summed E-state index contributed by atoms with van der Waals surface area (Å²) >= 11 is 3.45. The minimum absolute atomic E-state index is 0.124. The Morgan fingerprint density at radius 2 is 1.88 bits per heavy atom. The number of halogens is 1. The molecule has 174 valence electrons. The summed E-state index contributed by atoms with van der Waals surface area (Å²) in [6.07, 6.45) is 1.81. The maximum Gasteiger partial charge on any atom is 0.344 e. The normalized spacial score (nSPS) is 15.9. The Balaban J connectivity index is 1.86. The summed E-state index contributed by atoms with van der Waals surface area (Å²) in [6.45, 7) is 6.14. The zero-order valence-electron chi connectivity index (χ0n) is 18.9. The molecule has 33 heavy (non-hydrogen) atoms. The van der Waals surface area contributed by atoms with E-state index >= 15 is 0 Å². The van der Waals surface area contributed by atoms with E-state index < -0.39 is 5.97 Å². The van der Waals surface area contributed by atoms with Crippen molar-refractivity contribution in [3.05, 3.63) is 56.0 Å². The second-order valence-corrected chi connectivity index (χ2v) is 9.23. The average Bonchev–Trinajstić information content (AvgIpc) is 3.03. The van der Waals surface area contributed by atoms with Crippen LogP contribution in [0.5, 0.6) is 11.5 Å². The number of ether oxygens (including phenoxy) is 3. The quantitative estimate of drug-likeness (QED) is 0.244. The van der Waals surface area contributed by atoms with Crippen molar-refractivity contribution in [2.24, 2.45) is 4.99 Å². The summed E-state index contributed by atoms with van der Waals surface area (Å²) in [5.74, 6) is 0.398. The Hall–Kier alpha value is -2.53. The van der Waals surface area contributed by atoms with Crippen LogP contribution in [0.2, 0.25) is 0 Å². The fraction of sp³-hybridized carbons (Fsp3) is 0.292. The van der Waals surface area contributed by atoms with E-state index in [0.717, 1.165) is 20.4 Å². The Bertz CT molecular complexity index is 1100. The largest absolute Gasteiger partial charge is 0.490 e. The van der Waals surface area contributed by atoms with Crippen LogP contribution in [-0.2, 0) is 14.3 Å². The highest BCUT2D eigenvalue weighted by atomic mass is 127. The summed E-state index contributed by atoms with van der Waals surface area (Å²) in [5.41, 5.74) is 2.73. The van der Waals surface area contributed by atoms with Crippen molar-refractivity contribution < 1.29 is 23.8 Å². The van der Waals surface area contributed by atoms with Crippen molar-refractivity contribution in [1.29, 1.82) is 0 Å². The van der Waals surface area contributed by atoms with E-state index in [1.165, 1.54) is 11.8 Å². The van der Waals surface area contributed by atoms with Crippen LogP contribution in [-0.4, -0.2) is 48.8 Å². The Morgan fingerprint density at radius 3 is 2.55 bits per heavy atom. The maximum atomic E-state index is 12.8. The predicted molar refractivity (Wildman–Crippen MR) is 139 cm³/mol. The van der Waals surface area contributed by atoms with Gasteiger partial charge in [0.1, 0.15) is 0 Å². The highest BCUT2D eigenvalue weighted by Gasteiger charge is 2.30. The van der Waals surface area contributed by atoms with Gasteiger partial charge in [0.2, 0.25) is 0 Å². The third-order valence-corrected chi connectivity index (χ3v) is 6.39. The summed E-state index contributed by atoms with van der Waals surface area (Å²) in [7, 11) is 1.71. The molecule has 0 aromatic heterocycles. The number of esters is 1. The van der Waals surface area contributed by atoms with Crippen LogP contribution in [0.25, 0.3) is 6.08 Å². The number of benzene rings is 2. The second-order valence-electron chi connectivity index (χ2n) is 7.06. The number of aliphatic imine (C=N–C) groups is 1. The number of rotatable bonds is 8. The second kappa shape index (κ2) is 11.6. The molecule has 1 amide bonds. The van der Waals surface area contributed by atoms with Crippen LogP contribution in [0, 0.1) is 10.5 Å². The van der Waals surface area contributed by atoms with E-state index in [1.54, 1.807) is 31.0 Å². The van der Waals surface area contributed by atoms with Gasteiger partial charge in [-0.2, -0.15) is 0 Å². The lowest BCUT2D eigenvalue weighted by molar-refractivity contribution is -0.145. The molecule has 1 aliphatic rings. The van der Waals surface area contributed by atoms with E-state index in [4.69, 9.17) is 14.2 Å². The first kappa shape index (κ1) is 25.1. The van der Waals surface area contributed by atoms with Crippen molar-refractivity contribution in [2.45, 2.75) is 20.8 Å². The molecule has 1 saturated heterocycles. The number of likely N-dealkylation sites (N-methyl/N-ethyl adjacent to an activating group) is 1. The number of carbonyl (C=O) groups is 2. The monoisotopic (exact) mass is 580 g/mol. The fourth-order valence-electron chi connectivity index (χ4n) is 2.94. The zero-order chi connectivity index (χ0) is 24.0. The first-order valence-corrected chi connectivity index (χ1v) is 12.3. The lowest BCUT2D eigenvalue weighted by Crippen LogP contribution is -2.23. The van der Waals surface area contributed by atoms with E-state index in [2.05, 4.69) is 27.6 Å². The molecule has 0 unspecified atom stereocenters. The number of carbonyl (C=O) groups excluding carboxylic acids is 2. The van der Waals surface area contributed by atoms with Gasteiger partial charge in [-0.3, -0.25) is 9.69 Å². The van der Waals surface area contributed by atoms with Crippen LogP contribution >= 0.6 is 34.4 Å². The van der Waals surface area contributed by atoms with Crippen molar-refractivity contribution in [3.63, 3.8) is 0 Å². The van der Waals surface area contributed by atoms with Crippen molar-refractivity contribution in [2.75, 3.05) is 26.9 Å². The minimum Gasteiger partial charge on any atom is -0.490 e. The third-order valence-electron chi connectivity index (χ3n) is 4.53. The molecule has 1 heterocycles. The van der Waals surface area contributed by atoms with E-state index in [-0.39, 0.29) is 12.5 Å². The molecule has 0 saturated carbocycles. The van der Waals surface area contributed by atoms with Crippen LogP contribution in [0.15, 0.2) is 46.3 Å². The molecule has 2 aromatic rings. The highest BCUT2D eigenvalue weighted by Crippen LogP contribution is 2.37. The van der Waals surface area contributed by atoms with Gasteiger partial charge in [0.15, 0.2) is 23.3 Å². The van der Waals surface area contributed by atoms with Crippen LogP contribution in [0.3, 0.4) is 0 Å². The maximum absolute atomic E-state index is 12.8. The zero-order valence-corrected chi connectivity index (χ0v) is 21.9. The fourth-order valence-corrected chi connectivity index (χ4v) is 4.71. The molecule has 1 fully saturated rings. The number of aryl methyl sites for hydroxylation is 1. The molecule has 3 rings (SSSR count). The molecule has 0 bridgehead atoms. The van der Waals surface area contributed by atoms with Crippen molar-refractivity contribution in [3.8, 4) is 11.5 Å². The van der Waals surface area contributed by atoms with E-state index in [9.17, 15) is 9.59 Å². The number of nitrogens with zero attached hydrogens (tertiary/aromatic N) is 2. The lowest BCUT2D eigenvalue weighted by atomic mass is 10.2. The van der Waals surface area contributed by atoms with E-state index in [1.807, 2.05) is 44.2 Å². The highest BCUT2D eigenvalue weighted by molar-refractivity contribution is 14.1. The molecule has 0 radical (unpaired) electrons. The standard InChI is InChI=1S/C24H25IN2O5S/c1-5-30-19-12-16(11-18(25)22(19)32-14-21(28)31-6-2)13-20-23(29)27(4)24(33-20)26-17-9-7-15(3)8-10-17/h7-13H,5-6,14H2,1-4H3/b20-13+,26-24?. The predicted octanol–water partition coefficient (Wildman–Crippen LogP) is 5.17. The summed E-state index contributed by atoms with van der Waals surface area (Å²) < 4.78 is 17.1. The van der Waals surface area contributed by atoms with Gasteiger partial charge in [-0.05, 0) is 91.0 Å². The van der Waals surface area contributed by atoms with Gasteiger partial charge in [-0.15, -0.1) is 0 Å². The Labute approximate surface area is 211 Å². The number of hydrogen-bond donors (Lipinski definition) is 0. The topological polar surface area (TPSA) is 77.4 Å². The van der Waals surface area contributed by atoms with Gasteiger partial charge >= 0.3 is 5.97 Å². The lowest BCUT2D eigenvalue weighted by Gasteiger charge is -2.14. The summed E-state index contributed by atoms with van der Waals surface area (Å²) in [6, 6.07) is 11.5. The molecule has 1 aliphatic heterocycles. The molecule has 9 heteroatoms. The molecule has 0 aliphatic carbocycles. The molecular weight excluding hydrogens is 555 g/mol. The number of thioether (sulfide) groups is 1. The number of hydrogen-bond acceptors (Lipinski definition) is 7. The van der Waals surface area contributed by atoms with Crippen LogP contribution < -0.4 is 9.47 Å². The number of amides is 1. The van der Waals surface area contributed by atoms with Gasteiger partial charge in [-0.1, -0.05) is 17.7 Å². The molecule has 0 N–H and O–H groups in total. The van der Waals surface area contributed by atoms with Gasteiger partial charge in [0.05, 0.1) is 27.4 Å². The van der Waals surface area contributed by atoms with Gasteiger partial charge in [0.25, 0.3) is 5.91 Å². The van der Waals surface area contributed by atoms with Gasteiger partial charge < -0.3 is 14.2 Å². The average molecular weight is 580 g/mol. The van der Waals surface area contributed by atoms with Gasteiger partial charge in [-0.25, -0.2) is 9.79 Å². The third kappa shape index (κ3) is 6.50. The molecule has 7 nitrogen and oxygen atoms in total. The van der Waals surface area contributed by atoms with Gasteiger partial charge in [0, 0.05) is 7.05 Å².